The predicted molar refractivity (Wildman–Crippen MR) is 131 cm³/mol. The molecule has 0 spiro atoms. The lowest BCUT2D eigenvalue weighted by molar-refractivity contribution is -0.111. The highest BCUT2D eigenvalue weighted by Crippen LogP contribution is 2.32. The van der Waals surface area contributed by atoms with Gasteiger partial charge in [0.05, 0.1) is 11.1 Å². The summed E-state index contributed by atoms with van der Waals surface area (Å²) in [5.41, 5.74) is 4.59. The zero-order valence-corrected chi connectivity index (χ0v) is 18.5. The highest BCUT2D eigenvalue weighted by atomic mass is 16.5. The van der Waals surface area contributed by atoms with Gasteiger partial charge in [-0.2, -0.15) is 0 Å². The third kappa shape index (κ3) is 4.67. The summed E-state index contributed by atoms with van der Waals surface area (Å²) < 4.78 is 9.62. The maximum absolute atomic E-state index is 11.8. The van der Waals surface area contributed by atoms with Crippen LogP contribution in [0.1, 0.15) is 16.9 Å². The van der Waals surface area contributed by atoms with Gasteiger partial charge in [0, 0.05) is 47.0 Å². The number of hydrogen-bond donors (Lipinski definition) is 4. The van der Waals surface area contributed by atoms with Gasteiger partial charge in [-0.25, -0.2) is 0 Å². The van der Waals surface area contributed by atoms with Gasteiger partial charge in [0.15, 0.2) is 11.6 Å². The van der Waals surface area contributed by atoms with Crippen LogP contribution in [-0.2, 0) is 9.59 Å². The van der Waals surface area contributed by atoms with E-state index in [2.05, 4.69) is 36.1 Å². The number of carbonyl (C=O) groups is 2. The van der Waals surface area contributed by atoms with E-state index >= 15 is 0 Å². The number of carbonyl (C=O) groups excluding carboxylic acids is 2. The second kappa shape index (κ2) is 9.40. The van der Waals surface area contributed by atoms with E-state index in [1.165, 1.54) is 6.26 Å². The second-order valence-corrected chi connectivity index (χ2v) is 7.61. The molecule has 0 saturated carbocycles. The molecule has 4 heterocycles. The number of fused-ring (bicyclic) bond motifs is 2. The number of benzene rings is 2. The van der Waals surface area contributed by atoms with Crippen molar-refractivity contribution in [1.29, 1.82) is 0 Å². The molecule has 35 heavy (non-hydrogen) atoms. The van der Waals surface area contributed by atoms with Crippen molar-refractivity contribution in [2.75, 3.05) is 21.3 Å². The van der Waals surface area contributed by atoms with Gasteiger partial charge in [0.1, 0.15) is 12.0 Å². The predicted octanol–water partition coefficient (Wildman–Crippen LogP) is 4.47. The van der Waals surface area contributed by atoms with Crippen LogP contribution in [0.2, 0.25) is 0 Å². The largest absolute Gasteiger partial charge is 0.363 e. The number of nitrogens with zero attached hydrogens (tertiary/aromatic N) is 2. The highest BCUT2D eigenvalue weighted by Gasteiger charge is 2.24. The molecule has 0 fully saturated rings. The van der Waals surface area contributed by atoms with Crippen molar-refractivity contribution in [2.24, 2.45) is 0 Å². The van der Waals surface area contributed by atoms with Crippen molar-refractivity contribution >= 4 is 46.0 Å². The monoisotopic (exact) mass is 468 g/mol. The Kier molecular flexibility index (Phi) is 5.83. The summed E-state index contributed by atoms with van der Waals surface area (Å²) >= 11 is 0. The normalized spacial score (nSPS) is 15.7. The van der Waals surface area contributed by atoms with Crippen LogP contribution >= 0.6 is 0 Å². The summed E-state index contributed by atoms with van der Waals surface area (Å²) in [4.78, 5) is 23.5. The first-order chi connectivity index (χ1) is 17.1. The zero-order chi connectivity index (χ0) is 24.2. The van der Waals surface area contributed by atoms with Gasteiger partial charge < -0.3 is 30.3 Å². The molecule has 10 nitrogen and oxygen atoms in total. The summed E-state index contributed by atoms with van der Waals surface area (Å²) in [7, 11) is 0. The summed E-state index contributed by atoms with van der Waals surface area (Å²) in [6, 6.07) is 18.5. The van der Waals surface area contributed by atoms with E-state index in [1.807, 2.05) is 55.5 Å². The molecule has 174 valence electrons. The Labute approximate surface area is 199 Å². The molecule has 6 rings (SSSR count). The summed E-state index contributed by atoms with van der Waals surface area (Å²) in [5, 5.41) is 18.9. The maximum atomic E-state index is 11.8. The molecule has 2 amide bonds. The Bertz CT molecular complexity index is 1450. The molecule has 0 radical (unpaired) electrons. The number of nitrogens with one attached hydrogen (secondary N) is 4. The van der Waals surface area contributed by atoms with E-state index in [-0.39, 0.29) is 11.8 Å². The van der Waals surface area contributed by atoms with Crippen LogP contribution in [-0.4, -0.2) is 22.1 Å². The van der Waals surface area contributed by atoms with E-state index in [0.717, 1.165) is 22.5 Å². The molecule has 4 aromatic rings. The van der Waals surface area contributed by atoms with Gasteiger partial charge in [-0.3, -0.25) is 9.59 Å². The van der Waals surface area contributed by atoms with E-state index in [1.54, 1.807) is 24.5 Å². The summed E-state index contributed by atoms with van der Waals surface area (Å²) in [6.45, 7) is 1.81. The van der Waals surface area contributed by atoms with Crippen molar-refractivity contribution < 1.29 is 18.6 Å². The molecule has 2 aliphatic rings. The molecule has 0 aliphatic carbocycles. The quantitative estimate of drug-likeness (QED) is 0.322. The third-order valence-electron chi connectivity index (χ3n) is 5.21. The first-order valence-corrected chi connectivity index (χ1v) is 10.7. The average Bonchev–Trinajstić information content (AvgIpc) is 3.64. The van der Waals surface area contributed by atoms with Crippen LogP contribution in [0.4, 0.5) is 23.0 Å². The van der Waals surface area contributed by atoms with Gasteiger partial charge in [-0.05, 0) is 19.1 Å². The lowest BCUT2D eigenvalue weighted by Gasteiger charge is -1.97. The molecule has 4 N–H and O–H groups in total. The molecule has 2 aromatic carbocycles. The van der Waals surface area contributed by atoms with Crippen LogP contribution in [0.3, 0.4) is 0 Å². The second-order valence-electron chi connectivity index (χ2n) is 7.61. The highest BCUT2D eigenvalue weighted by molar-refractivity contribution is 6.32. The number of rotatable bonds is 4. The Morgan fingerprint density at radius 2 is 1.34 bits per heavy atom. The minimum absolute atomic E-state index is 0.121. The zero-order valence-electron chi connectivity index (χ0n) is 18.5. The van der Waals surface area contributed by atoms with E-state index < -0.39 is 0 Å². The Morgan fingerprint density at radius 3 is 1.86 bits per heavy atom. The third-order valence-corrected chi connectivity index (χ3v) is 5.21. The molecule has 2 aromatic heterocycles. The van der Waals surface area contributed by atoms with Crippen molar-refractivity contribution in [2.45, 2.75) is 6.92 Å². The molecular formula is C25H20N6O4. The van der Waals surface area contributed by atoms with Crippen LogP contribution < -0.4 is 21.3 Å². The molecule has 10 heteroatoms. The van der Waals surface area contributed by atoms with Crippen LogP contribution in [0, 0.1) is 6.92 Å². The van der Waals surface area contributed by atoms with E-state index in [9.17, 15) is 9.59 Å². The number of hydrogen-bond acceptors (Lipinski definition) is 8. The first-order valence-electron chi connectivity index (χ1n) is 10.7. The Morgan fingerprint density at radius 1 is 0.771 bits per heavy atom. The molecule has 0 atom stereocenters. The van der Waals surface area contributed by atoms with Crippen LogP contribution in [0.25, 0.3) is 11.1 Å². The van der Waals surface area contributed by atoms with Gasteiger partial charge in [0.2, 0.25) is 0 Å². The van der Waals surface area contributed by atoms with Crippen molar-refractivity contribution in [1.82, 2.24) is 10.3 Å². The number of aromatic nitrogens is 2. The van der Waals surface area contributed by atoms with Crippen molar-refractivity contribution in [3.8, 4) is 0 Å². The smallest absolute Gasteiger partial charge is 0.257 e. The molecule has 0 bridgehead atoms. The fraction of sp³-hybridized carbons (Fsp3) is 0.0400. The summed E-state index contributed by atoms with van der Waals surface area (Å²) in [6.07, 6.45) is 4.72. The SMILES string of the molecule is Cc1cc(NC=C2C(=O)Nc3ccccc32)no1.O=C1Nc2ccccc2C1=CNc1ccon1. The van der Waals surface area contributed by atoms with Crippen LogP contribution in [0.15, 0.2) is 88.4 Å². The van der Waals surface area contributed by atoms with Gasteiger partial charge >= 0.3 is 0 Å². The lowest BCUT2D eigenvalue weighted by atomic mass is 10.1. The number of anilines is 4. The Balaban J connectivity index is 0.000000145. The standard InChI is InChI=1S/C13H11N3O2.C12H9N3O2/c1-8-6-12(16-18-8)14-7-10-9-4-2-3-5-11(9)15-13(10)17;16-12-9(7-13-11-5-6-17-15-11)8-3-1-2-4-10(8)14-12/h2-7H,1H3,(H,14,16)(H,15,17);1-7H,(H,13,15)(H,14,16). The number of aryl methyl sites for hydroxylation is 1. The minimum Gasteiger partial charge on any atom is -0.363 e. The van der Waals surface area contributed by atoms with Gasteiger partial charge in [0.25, 0.3) is 11.8 Å². The maximum Gasteiger partial charge on any atom is 0.257 e. The van der Waals surface area contributed by atoms with E-state index in [4.69, 9.17) is 4.52 Å². The molecular weight excluding hydrogens is 448 g/mol. The van der Waals surface area contributed by atoms with Crippen molar-refractivity contribution in [3.63, 3.8) is 0 Å². The van der Waals surface area contributed by atoms with Crippen LogP contribution in [0.5, 0.6) is 0 Å². The first kappa shape index (κ1) is 21.7. The Hall–Kier alpha value is -5.12. The number of amides is 2. The average molecular weight is 468 g/mol. The fourth-order valence-corrected chi connectivity index (χ4v) is 3.58. The van der Waals surface area contributed by atoms with Gasteiger partial charge in [-0.15, -0.1) is 0 Å². The molecule has 0 unspecified atom stereocenters. The lowest BCUT2D eigenvalue weighted by Crippen LogP contribution is -2.05. The molecule has 2 aliphatic heterocycles. The van der Waals surface area contributed by atoms with E-state index in [0.29, 0.717) is 28.5 Å². The molecule has 0 saturated heterocycles. The van der Waals surface area contributed by atoms with Gasteiger partial charge in [-0.1, -0.05) is 46.7 Å². The minimum atomic E-state index is -0.123. The number of para-hydroxylation sites is 2. The summed E-state index contributed by atoms with van der Waals surface area (Å²) in [5.74, 6) is 1.62. The van der Waals surface area contributed by atoms with Crippen molar-refractivity contribution in [3.05, 3.63) is 96.2 Å². The topological polar surface area (TPSA) is 134 Å². The fourth-order valence-electron chi connectivity index (χ4n) is 3.58.